The number of ether oxygens (including phenoxy) is 3. The number of anilines is 2. The number of rotatable bonds is 8. The Bertz CT molecular complexity index is 1540. The fraction of sp³-hybridized carbons (Fsp3) is 0.333. The van der Waals surface area contributed by atoms with E-state index in [-0.39, 0.29) is 23.7 Å². The van der Waals surface area contributed by atoms with Crippen LogP contribution in [0.25, 0.3) is 16.8 Å². The van der Waals surface area contributed by atoms with Crippen LogP contribution in [0.2, 0.25) is 0 Å². The van der Waals surface area contributed by atoms with Crippen LogP contribution in [0, 0.1) is 10.1 Å². The van der Waals surface area contributed by atoms with Crippen molar-refractivity contribution in [1.29, 1.82) is 0 Å². The molecule has 0 radical (unpaired) electrons. The largest absolute Gasteiger partial charge is 0.491 e. The third-order valence-corrected chi connectivity index (χ3v) is 8.41. The lowest BCUT2D eigenvalue weighted by Crippen LogP contribution is -2.38. The second-order valence-electron chi connectivity index (χ2n) is 10.0. The second kappa shape index (κ2) is 12.4. The van der Waals surface area contributed by atoms with Gasteiger partial charge in [0.2, 0.25) is 0 Å². The lowest BCUT2D eigenvalue weighted by atomic mass is 10.1. The van der Waals surface area contributed by atoms with Gasteiger partial charge < -0.3 is 24.0 Å². The zero-order chi connectivity index (χ0) is 29.1. The molecular formula is C30H30N4O7S. The standard InChI is InChI=1S/C30H30N4O7S/c35-29-28(42-30(36)33(29)12-17-41-27-7-3-5-21-4-1-2-6-23(21)27)19-22-18-26(34(37)38)25(32-10-15-40-16-11-32)20-24(22)31-8-13-39-14-9-31/h1-7,18-20H,8-17H2/b28-19-. The summed E-state index contributed by atoms with van der Waals surface area (Å²) in [5.41, 5.74) is 1.73. The molecule has 6 rings (SSSR count). The molecule has 2 amide bonds. The molecule has 3 aliphatic rings. The van der Waals surface area contributed by atoms with Gasteiger partial charge in [-0.05, 0) is 35.4 Å². The van der Waals surface area contributed by atoms with Gasteiger partial charge in [-0.1, -0.05) is 36.4 Å². The van der Waals surface area contributed by atoms with Crippen LogP contribution in [0.4, 0.5) is 21.9 Å². The summed E-state index contributed by atoms with van der Waals surface area (Å²) < 4.78 is 16.9. The highest BCUT2D eigenvalue weighted by Gasteiger charge is 2.36. The molecule has 11 nitrogen and oxygen atoms in total. The van der Waals surface area contributed by atoms with E-state index in [0.717, 1.165) is 33.1 Å². The van der Waals surface area contributed by atoms with Crippen LogP contribution < -0.4 is 14.5 Å². The summed E-state index contributed by atoms with van der Waals surface area (Å²) in [6.45, 7) is 4.54. The molecule has 0 bridgehead atoms. The minimum absolute atomic E-state index is 0.0529. The van der Waals surface area contributed by atoms with Gasteiger partial charge in [0, 0.05) is 48.9 Å². The minimum atomic E-state index is -0.445. The molecular weight excluding hydrogens is 560 g/mol. The number of nitro groups is 1. The molecule has 3 aromatic rings. The molecule has 12 heteroatoms. The van der Waals surface area contributed by atoms with E-state index in [1.165, 1.54) is 6.07 Å². The van der Waals surface area contributed by atoms with Crippen molar-refractivity contribution in [2.75, 3.05) is 75.6 Å². The van der Waals surface area contributed by atoms with Gasteiger partial charge in [0.15, 0.2) is 0 Å². The van der Waals surface area contributed by atoms with Crippen LogP contribution in [0.5, 0.6) is 5.75 Å². The molecule has 3 aromatic carbocycles. The smallest absolute Gasteiger partial charge is 0.293 e. The Morgan fingerprint density at radius 2 is 1.57 bits per heavy atom. The molecule has 218 valence electrons. The highest BCUT2D eigenvalue weighted by molar-refractivity contribution is 8.18. The molecule has 3 heterocycles. The number of morpholine rings is 2. The van der Waals surface area contributed by atoms with Gasteiger partial charge in [-0.3, -0.25) is 24.6 Å². The van der Waals surface area contributed by atoms with Crippen LogP contribution in [0.15, 0.2) is 59.5 Å². The SMILES string of the molecule is O=C1S/C(=C\c2cc([N+](=O)[O-])c(N3CCOCC3)cc2N2CCOCC2)C(=O)N1CCOc1cccc2ccccc12. The van der Waals surface area contributed by atoms with E-state index in [1.54, 1.807) is 6.08 Å². The quantitative estimate of drug-likeness (QED) is 0.210. The van der Waals surface area contributed by atoms with Crippen LogP contribution in [0.3, 0.4) is 0 Å². The Hall–Kier alpha value is -4.13. The van der Waals surface area contributed by atoms with Crippen molar-refractivity contribution >= 4 is 56.8 Å². The maximum absolute atomic E-state index is 13.4. The number of carbonyl (C=O) groups is 2. The summed E-state index contributed by atoms with van der Waals surface area (Å²) in [6, 6.07) is 16.9. The summed E-state index contributed by atoms with van der Waals surface area (Å²) in [5, 5.41) is 13.8. The molecule has 0 unspecified atom stereocenters. The summed E-state index contributed by atoms with van der Waals surface area (Å²) in [4.78, 5) is 43.5. The van der Waals surface area contributed by atoms with Crippen LogP contribution in [-0.4, -0.2) is 86.7 Å². The monoisotopic (exact) mass is 590 g/mol. The highest BCUT2D eigenvalue weighted by Crippen LogP contribution is 2.40. The molecule has 3 aliphatic heterocycles. The third-order valence-electron chi connectivity index (χ3n) is 7.51. The van der Waals surface area contributed by atoms with Crippen molar-refractivity contribution in [2.45, 2.75) is 0 Å². The zero-order valence-electron chi connectivity index (χ0n) is 22.9. The van der Waals surface area contributed by atoms with Gasteiger partial charge in [-0.2, -0.15) is 0 Å². The normalized spacial score (nSPS) is 18.8. The number of hydrogen-bond donors (Lipinski definition) is 0. The lowest BCUT2D eigenvalue weighted by molar-refractivity contribution is -0.384. The number of nitro benzene ring substituents is 1. The van der Waals surface area contributed by atoms with Crippen molar-refractivity contribution in [3.05, 3.63) is 75.2 Å². The fourth-order valence-electron chi connectivity index (χ4n) is 5.38. The lowest BCUT2D eigenvalue weighted by Gasteiger charge is -2.33. The predicted molar refractivity (Wildman–Crippen MR) is 161 cm³/mol. The van der Waals surface area contributed by atoms with Crippen LogP contribution in [0.1, 0.15) is 5.56 Å². The topological polar surface area (TPSA) is 115 Å². The first-order chi connectivity index (χ1) is 20.5. The van der Waals surface area contributed by atoms with E-state index in [4.69, 9.17) is 14.2 Å². The molecule has 42 heavy (non-hydrogen) atoms. The van der Waals surface area contributed by atoms with Gasteiger partial charge in [-0.15, -0.1) is 0 Å². The molecule has 3 fully saturated rings. The van der Waals surface area contributed by atoms with E-state index >= 15 is 0 Å². The molecule has 0 aromatic heterocycles. The van der Waals surface area contributed by atoms with Crippen molar-refractivity contribution in [1.82, 2.24) is 4.90 Å². The number of hydrogen-bond acceptors (Lipinski definition) is 10. The number of nitrogens with zero attached hydrogens (tertiary/aromatic N) is 4. The number of imide groups is 1. The first kappa shape index (κ1) is 28.0. The van der Waals surface area contributed by atoms with Gasteiger partial charge in [0.05, 0.1) is 42.8 Å². The molecule has 0 spiro atoms. The molecule has 0 N–H and O–H groups in total. The van der Waals surface area contributed by atoms with Gasteiger partial charge in [-0.25, -0.2) is 0 Å². The maximum Gasteiger partial charge on any atom is 0.293 e. The number of thioether (sulfide) groups is 1. The summed E-state index contributed by atoms with van der Waals surface area (Å²) in [5.74, 6) is 0.234. The number of carbonyl (C=O) groups excluding carboxylic acids is 2. The first-order valence-electron chi connectivity index (χ1n) is 13.8. The van der Waals surface area contributed by atoms with Crippen molar-refractivity contribution < 1.29 is 28.7 Å². The summed E-state index contributed by atoms with van der Waals surface area (Å²) >= 11 is 0.830. The van der Waals surface area contributed by atoms with Crippen molar-refractivity contribution in [2.24, 2.45) is 0 Å². The molecule has 0 atom stereocenters. The van der Waals surface area contributed by atoms with Crippen molar-refractivity contribution in [3.63, 3.8) is 0 Å². The molecule has 0 aliphatic carbocycles. The first-order valence-corrected chi connectivity index (χ1v) is 14.6. The summed E-state index contributed by atoms with van der Waals surface area (Å²) in [6.07, 6.45) is 1.59. The Morgan fingerprint density at radius 1 is 0.905 bits per heavy atom. The zero-order valence-corrected chi connectivity index (χ0v) is 23.7. The predicted octanol–water partition coefficient (Wildman–Crippen LogP) is 4.54. The number of amides is 2. The molecule has 0 saturated carbocycles. The average molecular weight is 591 g/mol. The third kappa shape index (κ3) is 5.78. The fourth-order valence-corrected chi connectivity index (χ4v) is 6.24. The van der Waals surface area contributed by atoms with Gasteiger partial charge >= 0.3 is 0 Å². The maximum atomic E-state index is 13.4. The van der Waals surface area contributed by atoms with E-state index in [1.807, 2.05) is 53.4 Å². The van der Waals surface area contributed by atoms with Crippen LogP contribution >= 0.6 is 11.8 Å². The summed E-state index contributed by atoms with van der Waals surface area (Å²) in [7, 11) is 0. The van der Waals surface area contributed by atoms with E-state index in [2.05, 4.69) is 4.90 Å². The second-order valence-corrected chi connectivity index (χ2v) is 11.0. The average Bonchev–Trinajstić information content (AvgIpc) is 3.29. The van der Waals surface area contributed by atoms with E-state index in [9.17, 15) is 19.7 Å². The van der Waals surface area contributed by atoms with E-state index < -0.39 is 16.1 Å². The van der Waals surface area contributed by atoms with Crippen molar-refractivity contribution in [3.8, 4) is 5.75 Å². The Balaban J connectivity index is 1.26. The van der Waals surface area contributed by atoms with Gasteiger partial charge in [0.25, 0.3) is 16.8 Å². The Morgan fingerprint density at radius 3 is 2.29 bits per heavy atom. The van der Waals surface area contributed by atoms with Crippen LogP contribution in [-0.2, 0) is 14.3 Å². The molecule has 3 saturated heterocycles. The van der Waals surface area contributed by atoms with Gasteiger partial charge in [0.1, 0.15) is 18.0 Å². The number of benzene rings is 3. The minimum Gasteiger partial charge on any atom is -0.491 e. The van der Waals surface area contributed by atoms with E-state index in [0.29, 0.717) is 69.6 Å². The Labute approximate surface area is 246 Å². The Kier molecular flexibility index (Phi) is 8.27. The highest BCUT2D eigenvalue weighted by atomic mass is 32.2. The number of fused-ring (bicyclic) bond motifs is 1.